The molecule has 7 rings (SSSR count). The average Bonchev–Trinajstić information content (AvgIpc) is 3.47. The molecule has 55 heavy (non-hydrogen) atoms. The van der Waals surface area contributed by atoms with Crippen LogP contribution in [0.25, 0.3) is 0 Å². The van der Waals surface area contributed by atoms with Gasteiger partial charge in [0.15, 0.2) is 12.2 Å². The number of nitrogens with zero attached hydrogens (tertiary/aromatic N) is 1. The number of anilines is 1. The number of halogens is 2. The topological polar surface area (TPSA) is 124 Å². The molecule has 0 saturated heterocycles. The molecule has 0 unspecified atom stereocenters. The molecule has 11 heteroatoms. The summed E-state index contributed by atoms with van der Waals surface area (Å²) in [5.74, 6) is -4.47. The summed E-state index contributed by atoms with van der Waals surface area (Å²) < 4.78 is 11.6. The van der Waals surface area contributed by atoms with Gasteiger partial charge in [0, 0.05) is 32.3 Å². The second-order valence-electron chi connectivity index (χ2n) is 12.4. The molecule has 0 fully saturated rings. The lowest BCUT2D eigenvalue weighted by molar-refractivity contribution is 0.0278. The quantitative estimate of drug-likeness (QED) is 0.0726. The van der Waals surface area contributed by atoms with Gasteiger partial charge < -0.3 is 9.47 Å². The number of hydrogen-bond acceptors (Lipinski definition) is 8. The molecule has 270 valence electrons. The smallest absolute Gasteiger partial charge is 0.341 e. The lowest BCUT2D eigenvalue weighted by Crippen LogP contribution is -2.31. The summed E-state index contributed by atoms with van der Waals surface area (Å²) in [5, 5.41) is 0.848. The van der Waals surface area contributed by atoms with Crippen molar-refractivity contribution < 1.29 is 38.2 Å². The molecule has 2 atom stereocenters. The second-order valence-corrected chi connectivity index (χ2v) is 13.2. The van der Waals surface area contributed by atoms with E-state index in [9.17, 15) is 28.8 Å². The Hall–Kier alpha value is -6.68. The lowest BCUT2D eigenvalue weighted by atomic mass is 9.99. The summed E-state index contributed by atoms with van der Waals surface area (Å²) in [7, 11) is 0. The third-order valence-corrected chi connectivity index (χ3v) is 9.38. The van der Waals surface area contributed by atoms with E-state index in [2.05, 4.69) is 0 Å². The fourth-order valence-electron chi connectivity index (χ4n) is 6.11. The summed E-state index contributed by atoms with van der Waals surface area (Å²) in [6, 6.07) is 38.8. The van der Waals surface area contributed by atoms with Crippen LogP contribution in [0.1, 0.15) is 85.5 Å². The Bertz CT molecular complexity index is 2470. The fraction of sp³-hybridized carbons (Fsp3) is 0.0455. The van der Waals surface area contributed by atoms with Crippen LogP contribution in [0.2, 0.25) is 10.0 Å². The highest BCUT2D eigenvalue weighted by Gasteiger charge is 2.40. The van der Waals surface area contributed by atoms with E-state index in [0.29, 0.717) is 21.2 Å². The van der Waals surface area contributed by atoms with Gasteiger partial charge in [0.05, 0.1) is 27.9 Å². The number of Topliss-reactive ketones (excluding diaryl/α,β-unsaturated/α-hetero) is 2. The van der Waals surface area contributed by atoms with Gasteiger partial charge in [0.25, 0.3) is 11.8 Å². The minimum absolute atomic E-state index is 0.0263. The summed E-state index contributed by atoms with van der Waals surface area (Å²) in [6.45, 7) is 0. The first-order valence-corrected chi connectivity index (χ1v) is 17.6. The first-order valence-electron chi connectivity index (χ1n) is 16.8. The minimum Gasteiger partial charge on any atom is -0.445 e. The number of hydrogen-bond donors (Lipinski definition) is 0. The molecule has 0 aliphatic carbocycles. The standard InChI is InChI=1S/C44H27Cl2NO8/c45-31-20-15-26(16-21-31)37(48)39(28-9-3-1-4-10-28)54-43(52)30-19-24-33-35(25-30)42(51)47(41(33)50)36-14-8-7-13-34(36)44(53)55-40(29-11-5-2-6-12-29)38(49)27-17-22-32(46)23-18-27/h1-25,39-40H/t39-,40-/m1/s1. The molecule has 0 spiro atoms. The van der Waals surface area contributed by atoms with E-state index in [0.717, 1.165) is 4.90 Å². The van der Waals surface area contributed by atoms with Gasteiger partial charge in [0.1, 0.15) is 0 Å². The number of ether oxygens (including phenoxy) is 2. The number of carbonyl (C=O) groups excluding carboxylic acids is 6. The van der Waals surface area contributed by atoms with Gasteiger partial charge in [-0.2, -0.15) is 0 Å². The molecule has 9 nitrogen and oxygen atoms in total. The predicted molar refractivity (Wildman–Crippen MR) is 205 cm³/mol. The maximum atomic E-state index is 14.0. The molecule has 1 aliphatic heterocycles. The van der Waals surface area contributed by atoms with Crippen molar-refractivity contribution in [3.63, 3.8) is 0 Å². The van der Waals surface area contributed by atoms with Crippen LogP contribution >= 0.6 is 23.2 Å². The van der Waals surface area contributed by atoms with E-state index in [1.54, 1.807) is 84.9 Å². The molecule has 0 N–H and O–H groups in total. The van der Waals surface area contributed by atoms with Crippen LogP contribution in [0.5, 0.6) is 0 Å². The first kappa shape index (κ1) is 36.7. The van der Waals surface area contributed by atoms with Crippen LogP contribution in [0.15, 0.2) is 152 Å². The molecule has 1 aliphatic rings. The van der Waals surface area contributed by atoms with E-state index in [1.165, 1.54) is 66.7 Å². The molecule has 0 bridgehead atoms. The zero-order valence-corrected chi connectivity index (χ0v) is 30.1. The van der Waals surface area contributed by atoms with E-state index < -0.39 is 47.5 Å². The highest BCUT2D eigenvalue weighted by atomic mass is 35.5. The third kappa shape index (κ3) is 7.57. The molecule has 1 heterocycles. The van der Waals surface area contributed by atoms with Gasteiger partial charge in [-0.1, -0.05) is 96.0 Å². The van der Waals surface area contributed by atoms with Gasteiger partial charge in [-0.15, -0.1) is 0 Å². The van der Waals surface area contributed by atoms with Gasteiger partial charge in [0.2, 0.25) is 11.6 Å². The Morgan fingerprint density at radius 3 is 1.44 bits per heavy atom. The van der Waals surface area contributed by atoms with Crippen LogP contribution in [0, 0.1) is 0 Å². The van der Waals surface area contributed by atoms with E-state index in [4.69, 9.17) is 32.7 Å². The Kier molecular flexibility index (Phi) is 10.5. The van der Waals surface area contributed by atoms with Crippen molar-refractivity contribution in [3.05, 3.63) is 206 Å². The van der Waals surface area contributed by atoms with Crippen LogP contribution in [0.4, 0.5) is 5.69 Å². The Labute approximate surface area is 324 Å². The van der Waals surface area contributed by atoms with Gasteiger partial charge in [-0.3, -0.25) is 19.2 Å². The van der Waals surface area contributed by atoms with E-state index in [1.807, 2.05) is 0 Å². The highest BCUT2D eigenvalue weighted by molar-refractivity contribution is 6.35. The van der Waals surface area contributed by atoms with E-state index in [-0.39, 0.29) is 39.1 Å². The Morgan fingerprint density at radius 2 is 0.909 bits per heavy atom. The maximum absolute atomic E-state index is 14.0. The molecule has 0 saturated carbocycles. The number of esters is 2. The Morgan fingerprint density at radius 1 is 0.473 bits per heavy atom. The summed E-state index contributed by atoms with van der Waals surface area (Å²) >= 11 is 12.0. The fourth-order valence-corrected chi connectivity index (χ4v) is 6.36. The van der Waals surface area contributed by atoms with Crippen LogP contribution in [0.3, 0.4) is 0 Å². The normalized spacial score (nSPS) is 13.1. The van der Waals surface area contributed by atoms with E-state index >= 15 is 0 Å². The first-order chi connectivity index (χ1) is 26.6. The van der Waals surface area contributed by atoms with Gasteiger partial charge in [-0.25, -0.2) is 14.5 Å². The SMILES string of the molecule is O=C(O[C@@H](C(=O)c1ccc(Cl)cc1)c1ccccc1)c1ccc2c(c1)C(=O)N(c1ccccc1C(=O)O[C@@H](C(=O)c1ccc(Cl)cc1)c1ccccc1)C2=O. The zero-order valence-electron chi connectivity index (χ0n) is 28.6. The number of benzene rings is 6. The largest absolute Gasteiger partial charge is 0.445 e. The molecule has 0 aromatic heterocycles. The maximum Gasteiger partial charge on any atom is 0.341 e. The molecular weight excluding hydrogens is 741 g/mol. The van der Waals surface area contributed by atoms with Crippen LogP contribution < -0.4 is 4.90 Å². The predicted octanol–water partition coefficient (Wildman–Crippen LogP) is 9.36. The number of imide groups is 1. The van der Waals surface area contributed by atoms with Crippen LogP contribution in [-0.2, 0) is 9.47 Å². The summed E-state index contributed by atoms with van der Waals surface area (Å²) in [4.78, 5) is 83.3. The number of rotatable bonds is 11. The monoisotopic (exact) mass is 767 g/mol. The second kappa shape index (κ2) is 15.7. The summed E-state index contributed by atoms with van der Waals surface area (Å²) in [5.41, 5.74) is 0.839. The molecule has 6 aromatic carbocycles. The average molecular weight is 769 g/mol. The number of amides is 2. The van der Waals surface area contributed by atoms with Gasteiger partial charge >= 0.3 is 11.9 Å². The lowest BCUT2D eigenvalue weighted by Gasteiger charge is -2.21. The van der Waals surface area contributed by atoms with Crippen molar-refractivity contribution in [1.82, 2.24) is 0 Å². The number of fused-ring (bicyclic) bond motifs is 1. The van der Waals surface area contributed by atoms with Crippen molar-refractivity contribution in [3.8, 4) is 0 Å². The number of ketones is 2. The molecule has 0 radical (unpaired) electrons. The highest BCUT2D eigenvalue weighted by Crippen LogP contribution is 2.34. The summed E-state index contributed by atoms with van der Waals surface area (Å²) in [6.07, 6.45) is -2.70. The molecular formula is C44H27Cl2NO8. The van der Waals surface area contributed by atoms with Crippen molar-refractivity contribution in [2.75, 3.05) is 4.90 Å². The molecule has 2 amide bonds. The molecule has 6 aromatic rings. The van der Waals surface area contributed by atoms with Crippen molar-refractivity contribution >= 4 is 64.2 Å². The van der Waals surface area contributed by atoms with Gasteiger partial charge in [-0.05, 0) is 78.9 Å². The van der Waals surface area contributed by atoms with Crippen molar-refractivity contribution in [1.29, 1.82) is 0 Å². The number of carbonyl (C=O) groups is 6. The number of para-hydroxylation sites is 1. The zero-order chi connectivity index (χ0) is 38.6. The van der Waals surface area contributed by atoms with Crippen molar-refractivity contribution in [2.24, 2.45) is 0 Å². The Balaban J connectivity index is 1.16. The van der Waals surface area contributed by atoms with Crippen LogP contribution in [-0.4, -0.2) is 35.3 Å². The van der Waals surface area contributed by atoms with Crippen molar-refractivity contribution in [2.45, 2.75) is 12.2 Å². The minimum atomic E-state index is -1.37. The third-order valence-electron chi connectivity index (χ3n) is 8.88.